The SMILES string of the molecule is CCCCCCCCCCCCCCC(=O)O[C@H](COC(=O)CCCCCCCCCCC)COP(=O)(O)OC[C@H](O)COP(=O)(O)OC[C@@H](COC(=O)CCCCCCCCCCC(C)CC)OC(=O)CCCCCCCCCCCCC(C)CC. The van der Waals surface area contributed by atoms with Crippen molar-refractivity contribution in [3.05, 3.63) is 0 Å². The maximum Gasteiger partial charge on any atom is 0.472 e. The Balaban J connectivity index is 5.26. The van der Waals surface area contributed by atoms with Gasteiger partial charge in [-0.15, -0.1) is 0 Å². The van der Waals surface area contributed by atoms with Crippen molar-refractivity contribution in [3.8, 4) is 0 Å². The molecule has 0 heterocycles. The van der Waals surface area contributed by atoms with Crippen LogP contribution in [0.2, 0.25) is 0 Å². The van der Waals surface area contributed by atoms with E-state index in [1.165, 1.54) is 161 Å². The zero-order valence-corrected chi connectivity index (χ0v) is 58.1. The van der Waals surface area contributed by atoms with Gasteiger partial charge in [0.05, 0.1) is 26.4 Å². The van der Waals surface area contributed by atoms with Crippen LogP contribution in [0, 0.1) is 11.8 Å². The highest BCUT2D eigenvalue weighted by Crippen LogP contribution is 2.45. The van der Waals surface area contributed by atoms with Crippen LogP contribution in [0.1, 0.15) is 343 Å². The van der Waals surface area contributed by atoms with Gasteiger partial charge in [-0.25, -0.2) is 9.13 Å². The van der Waals surface area contributed by atoms with Gasteiger partial charge in [0.1, 0.15) is 19.3 Å². The minimum atomic E-state index is -4.95. The van der Waals surface area contributed by atoms with Gasteiger partial charge in [0.15, 0.2) is 12.2 Å². The lowest BCUT2D eigenvalue weighted by atomic mass is 9.99. The van der Waals surface area contributed by atoms with E-state index in [1.807, 2.05) is 0 Å². The molecule has 0 saturated heterocycles. The van der Waals surface area contributed by atoms with E-state index >= 15 is 0 Å². The van der Waals surface area contributed by atoms with Crippen LogP contribution >= 0.6 is 15.6 Å². The predicted octanol–water partition coefficient (Wildman–Crippen LogP) is 19.2. The number of phosphoric ester groups is 2. The molecule has 0 aliphatic rings. The minimum absolute atomic E-state index is 0.106. The van der Waals surface area contributed by atoms with Gasteiger partial charge in [-0.3, -0.25) is 37.3 Å². The molecule has 0 aliphatic carbocycles. The number of rotatable bonds is 67. The highest BCUT2D eigenvalue weighted by Gasteiger charge is 2.30. The number of ether oxygens (including phenoxy) is 4. The molecule has 0 aromatic heterocycles. The first kappa shape index (κ1) is 85.1. The molecule has 0 saturated carbocycles. The number of carbonyl (C=O) groups excluding carboxylic acids is 4. The fourth-order valence-corrected chi connectivity index (χ4v) is 11.8. The summed E-state index contributed by atoms with van der Waals surface area (Å²) in [5.74, 6) is -0.547. The van der Waals surface area contributed by atoms with Gasteiger partial charge in [0.2, 0.25) is 0 Å². The molecule has 4 unspecified atom stereocenters. The number of esters is 4. The van der Waals surface area contributed by atoms with Crippen LogP contribution in [-0.2, 0) is 65.4 Å². The lowest BCUT2D eigenvalue weighted by Crippen LogP contribution is -2.30. The molecule has 0 amide bonds. The summed E-state index contributed by atoms with van der Waals surface area (Å²) in [6.45, 7) is 9.54. The summed E-state index contributed by atoms with van der Waals surface area (Å²) in [5, 5.41) is 10.6. The summed E-state index contributed by atoms with van der Waals surface area (Å²) in [5.41, 5.74) is 0. The van der Waals surface area contributed by atoms with Crippen LogP contribution in [0.4, 0.5) is 0 Å². The standard InChI is InChI=1S/C68H132O17P2/c1-7-11-13-15-17-19-20-21-26-34-40-46-52-67(72)84-63(56-78-65(70)50-44-38-32-24-18-16-14-12-8-2)58-82-86(74,75)80-54-62(69)55-81-87(76,77)83-59-64(57-79-66(71)51-45-39-33-29-28-31-37-43-49-61(6)10-4)85-68(73)53-47-41-35-27-23-22-25-30-36-42-48-60(5)9-3/h60-64,69H,7-59H2,1-6H3,(H,74,75)(H,76,77)/t60?,61?,62-,63+,64+/m0/s1. The molecular weight excluding hydrogens is 1150 g/mol. The average Bonchev–Trinajstić information content (AvgIpc) is 3.63. The third kappa shape index (κ3) is 60.1. The number of hydrogen-bond donors (Lipinski definition) is 3. The maximum absolute atomic E-state index is 13.0. The molecule has 87 heavy (non-hydrogen) atoms. The lowest BCUT2D eigenvalue weighted by Gasteiger charge is -2.21. The van der Waals surface area contributed by atoms with Crippen molar-refractivity contribution >= 4 is 39.5 Å². The van der Waals surface area contributed by atoms with Crippen molar-refractivity contribution in [3.63, 3.8) is 0 Å². The molecule has 0 aromatic rings. The highest BCUT2D eigenvalue weighted by atomic mass is 31.2. The summed E-state index contributed by atoms with van der Waals surface area (Å²) in [4.78, 5) is 72.4. The zero-order chi connectivity index (χ0) is 64.3. The smallest absolute Gasteiger partial charge is 0.462 e. The summed E-state index contributed by atoms with van der Waals surface area (Å²) in [7, 11) is -9.89. The molecule has 19 heteroatoms. The van der Waals surface area contributed by atoms with E-state index in [1.54, 1.807) is 0 Å². The van der Waals surface area contributed by atoms with E-state index in [2.05, 4.69) is 41.5 Å². The summed E-state index contributed by atoms with van der Waals surface area (Å²) >= 11 is 0. The van der Waals surface area contributed by atoms with Crippen molar-refractivity contribution in [2.75, 3.05) is 39.6 Å². The van der Waals surface area contributed by atoms with E-state index < -0.39 is 97.5 Å². The Morgan fingerprint density at radius 3 is 0.816 bits per heavy atom. The fraction of sp³-hybridized carbons (Fsp3) is 0.941. The second kappa shape index (κ2) is 60.3. The van der Waals surface area contributed by atoms with E-state index in [4.69, 9.17) is 37.0 Å². The molecule has 0 aliphatic heterocycles. The van der Waals surface area contributed by atoms with Gasteiger partial charge >= 0.3 is 39.5 Å². The number of unbranched alkanes of at least 4 members (excludes halogenated alkanes) is 35. The Hall–Kier alpha value is -1.94. The molecule has 0 spiro atoms. The number of hydrogen-bond acceptors (Lipinski definition) is 15. The Morgan fingerprint density at radius 2 is 0.552 bits per heavy atom. The highest BCUT2D eigenvalue weighted by molar-refractivity contribution is 7.47. The van der Waals surface area contributed by atoms with Crippen LogP contribution < -0.4 is 0 Å². The van der Waals surface area contributed by atoms with Crippen LogP contribution in [0.5, 0.6) is 0 Å². The van der Waals surface area contributed by atoms with Gasteiger partial charge in [0.25, 0.3) is 0 Å². The van der Waals surface area contributed by atoms with Crippen LogP contribution in [0.25, 0.3) is 0 Å². The molecule has 17 nitrogen and oxygen atoms in total. The summed E-state index contributed by atoms with van der Waals surface area (Å²) in [6.07, 6.45) is 44.2. The largest absolute Gasteiger partial charge is 0.472 e. The molecule has 0 aromatic carbocycles. The molecule has 0 bridgehead atoms. The summed E-state index contributed by atoms with van der Waals surface area (Å²) in [6, 6.07) is 0. The van der Waals surface area contributed by atoms with Crippen LogP contribution in [0.3, 0.4) is 0 Å². The number of carbonyl (C=O) groups is 4. The zero-order valence-electron chi connectivity index (χ0n) is 56.3. The van der Waals surface area contributed by atoms with E-state index in [0.29, 0.717) is 25.7 Å². The van der Waals surface area contributed by atoms with Gasteiger partial charge < -0.3 is 33.8 Å². The second-order valence-corrected chi connectivity index (χ2v) is 28.0. The van der Waals surface area contributed by atoms with Crippen molar-refractivity contribution in [1.29, 1.82) is 0 Å². The van der Waals surface area contributed by atoms with Crippen molar-refractivity contribution in [2.24, 2.45) is 11.8 Å². The van der Waals surface area contributed by atoms with Crippen molar-refractivity contribution in [1.82, 2.24) is 0 Å². The first-order chi connectivity index (χ1) is 41.9. The lowest BCUT2D eigenvalue weighted by molar-refractivity contribution is -0.161. The van der Waals surface area contributed by atoms with Gasteiger partial charge in [-0.05, 0) is 37.5 Å². The molecular formula is C68H132O17P2. The minimum Gasteiger partial charge on any atom is -0.462 e. The monoisotopic (exact) mass is 1280 g/mol. The molecule has 0 rings (SSSR count). The number of phosphoric acid groups is 2. The summed E-state index contributed by atoms with van der Waals surface area (Å²) < 4.78 is 68.2. The van der Waals surface area contributed by atoms with E-state index in [0.717, 1.165) is 102 Å². The normalized spacial score (nSPS) is 14.8. The first-order valence-electron chi connectivity index (χ1n) is 35.6. The van der Waals surface area contributed by atoms with E-state index in [9.17, 15) is 43.2 Å². The average molecular weight is 1280 g/mol. The topological polar surface area (TPSA) is 237 Å². The predicted molar refractivity (Wildman–Crippen MR) is 349 cm³/mol. The quantitative estimate of drug-likeness (QED) is 0.0222. The Kier molecular flexibility index (Phi) is 59.0. The van der Waals surface area contributed by atoms with Gasteiger partial charge in [-0.2, -0.15) is 0 Å². The Bertz CT molecular complexity index is 1700. The first-order valence-corrected chi connectivity index (χ1v) is 38.6. The second-order valence-electron chi connectivity index (χ2n) is 25.0. The molecule has 3 N–H and O–H groups in total. The third-order valence-corrected chi connectivity index (χ3v) is 18.3. The number of aliphatic hydroxyl groups excluding tert-OH is 1. The van der Waals surface area contributed by atoms with Crippen LogP contribution in [-0.4, -0.2) is 96.7 Å². The fourth-order valence-electron chi connectivity index (χ4n) is 10.2. The maximum atomic E-state index is 13.0. The Morgan fingerprint density at radius 1 is 0.322 bits per heavy atom. The van der Waals surface area contributed by atoms with Crippen LogP contribution in [0.15, 0.2) is 0 Å². The molecule has 0 fully saturated rings. The third-order valence-electron chi connectivity index (χ3n) is 16.4. The molecule has 516 valence electrons. The van der Waals surface area contributed by atoms with Crippen molar-refractivity contribution < 1.29 is 80.2 Å². The van der Waals surface area contributed by atoms with E-state index in [-0.39, 0.29) is 25.7 Å². The molecule has 0 radical (unpaired) electrons. The van der Waals surface area contributed by atoms with Crippen molar-refractivity contribution in [2.45, 2.75) is 362 Å². The number of aliphatic hydroxyl groups is 1. The van der Waals surface area contributed by atoms with Gasteiger partial charge in [-0.1, -0.05) is 292 Å². The Labute approximate surface area is 530 Å². The van der Waals surface area contributed by atoms with Gasteiger partial charge in [0, 0.05) is 25.7 Å². The molecule has 7 atom stereocenters.